The Labute approximate surface area is 178 Å². The molecule has 1 aromatic carbocycles. The molecule has 0 radical (unpaired) electrons. The average Bonchev–Trinajstić information content (AvgIpc) is 2.60. The van der Waals surface area contributed by atoms with Crippen LogP contribution < -0.4 is 20.1 Å². The third-order valence-corrected chi connectivity index (χ3v) is 4.24. The predicted molar refractivity (Wildman–Crippen MR) is 108 cm³/mol. The van der Waals surface area contributed by atoms with Gasteiger partial charge in [0.1, 0.15) is 6.17 Å². The predicted octanol–water partition coefficient (Wildman–Crippen LogP) is 3.96. The highest BCUT2D eigenvalue weighted by Crippen LogP contribution is 2.30. The lowest BCUT2D eigenvalue weighted by atomic mass is 10.1. The SMILES string of the molecule is COc1ccc(C(NC(=O)C(Cl)Cl)NC(=O)C(Cl)Cl)cc1OCCC(C)C. The van der Waals surface area contributed by atoms with E-state index in [1.54, 1.807) is 18.2 Å². The summed E-state index contributed by atoms with van der Waals surface area (Å²) in [6.45, 7) is 4.65. The van der Waals surface area contributed by atoms with Gasteiger partial charge in [-0.1, -0.05) is 66.3 Å². The fourth-order valence-corrected chi connectivity index (χ4v) is 2.26. The third-order valence-electron chi connectivity index (χ3n) is 3.44. The molecular weight excluding hydrogens is 438 g/mol. The molecule has 0 bridgehead atoms. The van der Waals surface area contributed by atoms with Crippen molar-refractivity contribution in [2.24, 2.45) is 5.92 Å². The first-order valence-electron chi connectivity index (χ1n) is 8.13. The van der Waals surface area contributed by atoms with Crippen LogP contribution in [-0.4, -0.2) is 35.2 Å². The van der Waals surface area contributed by atoms with Crippen LogP contribution in [0.25, 0.3) is 0 Å². The van der Waals surface area contributed by atoms with Gasteiger partial charge in [0, 0.05) is 0 Å². The summed E-state index contributed by atoms with van der Waals surface area (Å²) in [5.74, 6) is 0.0638. The van der Waals surface area contributed by atoms with Crippen molar-refractivity contribution >= 4 is 58.2 Å². The standard InChI is InChI=1S/C17H22Cl4N2O4/c1-9(2)6-7-27-12-8-10(4-5-11(12)26-3)15(22-16(24)13(18)19)23-17(25)14(20)21/h4-5,8-9,13-15H,6-7H2,1-3H3,(H,22,24)(H,23,25). The van der Waals surface area contributed by atoms with Crippen molar-refractivity contribution in [3.8, 4) is 11.5 Å². The smallest absolute Gasteiger partial charge is 0.255 e. The van der Waals surface area contributed by atoms with Gasteiger partial charge >= 0.3 is 0 Å². The Morgan fingerprint density at radius 3 is 2.00 bits per heavy atom. The summed E-state index contributed by atoms with van der Waals surface area (Å²) in [4.78, 5) is 21.1. The van der Waals surface area contributed by atoms with E-state index in [2.05, 4.69) is 24.5 Å². The monoisotopic (exact) mass is 458 g/mol. The summed E-state index contributed by atoms with van der Waals surface area (Å²) in [6, 6.07) is 4.94. The maximum atomic E-state index is 11.9. The van der Waals surface area contributed by atoms with E-state index < -0.39 is 27.7 Å². The Hall–Kier alpha value is -1.08. The Morgan fingerprint density at radius 1 is 1.00 bits per heavy atom. The molecule has 1 aromatic rings. The highest BCUT2D eigenvalue weighted by Gasteiger charge is 2.24. The van der Waals surface area contributed by atoms with Crippen molar-refractivity contribution in [1.82, 2.24) is 10.6 Å². The van der Waals surface area contributed by atoms with Crippen LogP contribution in [0.5, 0.6) is 11.5 Å². The first-order chi connectivity index (χ1) is 12.6. The highest BCUT2D eigenvalue weighted by atomic mass is 35.5. The third kappa shape index (κ3) is 8.21. The number of carbonyl (C=O) groups is 2. The van der Waals surface area contributed by atoms with Crippen LogP contribution in [0.1, 0.15) is 32.0 Å². The van der Waals surface area contributed by atoms with E-state index in [0.717, 1.165) is 6.42 Å². The minimum absolute atomic E-state index is 0.464. The number of alkyl halides is 4. The van der Waals surface area contributed by atoms with Gasteiger partial charge in [0.05, 0.1) is 13.7 Å². The first-order valence-corrected chi connectivity index (χ1v) is 9.88. The summed E-state index contributed by atoms with van der Waals surface area (Å²) in [5, 5.41) is 5.02. The molecule has 0 saturated carbocycles. The molecule has 6 nitrogen and oxygen atoms in total. The van der Waals surface area contributed by atoms with Gasteiger partial charge in [0.2, 0.25) is 0 Å². The maximum absolute atomic E-state index is 11.9. The number of ether oxygens (including phenoxy) is 2. The molecule has 0 heterocycles. The molecular formula is C17H22Cl4N2O4. The molecule has 27 heavy (non-hydrogen) atoms. The van der Waals surface area contributed by atoms with Crippen molar-refractivity contribution < 1.29 is 19.1 Å². The normalized spacial score (nSPS) is 11.2. The second-order valence-electron chi connectivity index (χ2n) is 5.99. The van der Waals surface area contributed by atoms with Crippen LogP contribution in [0.4, 0.5) is 0 Å². The van der Waals surface area contributed by atoms with Gasteiger partial charge in [0.25, 0.3) is 11.8 Å². The Balaban J connectivity index is 3.10. The topological polar surface area (TPSA) is 76.7 Å². The lowest BCUT2D eigenvalue weighted by Gasteiger charge is -2.22. The van der Waals surface area contributed by atoms with Crippen molar-refractivity contribution in [1.29, 1.82) is 0 Å². The fourth-order valence-electron chi connectivity index (χ4n) is 2.00. The molecule has 0 aliphatic rings. The van der Waals surface area contributed by atoms with Crippen LogP contribution in [-0.2, 0) is 9.59 Å². The van der Waals surface area contributed by atoms with Gasteiger partial charge in [-0.2, -0.15) is 0 Å². The fraction of sp³-hybridized carbons (Fsp3) is 0.529. The van der Waals surface area contributed by atoms with Gasteiger partial charge < -0.3 is 20.1 Å². The van der Waals surface area contributed by atoms with E-state index in [1.165, 1.54) is 7.11 Å². The molecule has 1 rings (SSSR count). The first kappa shape index (κ1) is 24.0. The molecule has 2 N–H and O–H groups in total. The van der Waals surface area contributed by atoms with Gasteiger partial charge in [-0.3, -0.25) is 9.59 Å². The lowest BCUT2D eigenvalue weighted by Crippen LogP contribution is -2.44. The van der Waals surface area contributed by atoms with Crippen LogP contribution in [0, 0.1) is 5.92 Å². The number of rotatable bonds is 10. The van der Waals surface area contributed by atoms with Crippen molar-refractivity contribution in [2.75, 3.05) is 13.7 Å². The number of nitrogens with one attached hydrogen (secondary N) is 2. The zero-order chi connectivity index (χ0) is 20.6. The largest absolute Gasteiger partial charge is 0.493 e. The number of benzene rings is 1. The Kier molecular flexibility index (Phi) is 10.4. The van der Waals surface area contributed by atoms with Crippen LogP contribution >= 0.6 is 46.4 Å². The molecule has 0 fully saturated rings. The average molecular weight is 460 g/mol. The highest BCUT2D eigenvalue weighted by molar-refractivity contribution is 6.54. The zero-order valence-corrected chi connectivity index (χ0v) is 18.1. The number of halogens is 4. The van der Waals surface area contributed by atoms with E-state index in [1.807, 2.05) is 0 Å². The van der Waals surface area contributed by atoms with Gasteiger partial charge in [0.15, 0.2) is 21.2 Å². The van der Waals surface area contributed by atoms with Crippen LogP contribution in [0.3, 0.4) is 0 Å². The summed E-state index contributed by atoms with van der Waals surface area (Å²) >= 11 is 22.3. The van der Waals surface area contributed by atoms with Gasteiger partial charge in [-0.25, -0.2) is 0 Å². The summed E-state index contributed by atoms with van der Waals surface area (Å²) in [7, 11) is 1.52. The van der Waals surface area contributed by atoms with Crippen molar-refractivity contribution in [3.05, 3.63) is 23.8 Å². The van der Waals surface area contributed by atoms with Crippen molar-refractivity contribution in [3.63, 3.8) is 0 Å². The number of carbonyl (C=O) groups excluding carboxylic acids is 2. The number of hydrogen-bond acceptors (Lipinski definition) is 4. The van der Waals surface area contributed by atoms with E-state index >= 15 is 0 Å². The molecule has 0 aromatic heterocycles. The minimum atomic E-state index is -1.31. The van der Waals surface area contributed by atoms with Gasteiger partial charge in [-0.05, 0) is 30.0 Å². The van der Waals surface area contributed by atoms with E-state index in [4.69, 9.17) is 55.9 Å². The summed E-state index contributed by atoms with van der Waals surface area (Å²) in [6.07, 6.45) is -0.117. The molecule has 0 aliphatic heterocycles. The molecule has 152 valence electrons. The Morgan fingerprint density at radius 2 is 1.56 bits per heavy atom. The summed E-state index contributed by atoms with van der Waals surface area (Å²) < 4.78 is 11.1. The molecule has 0 atom stereocenters. The molecule has 0 aliphatic carbocycles. The molecule has 0 unspecified atom stereocenters. The molecule has 0 spiro atoms. The molecule has 0 saturated heterocycles. The van der Waals surface area contributed by atoms with Crippen LogP contribution in [0.2, 0.25) is 0 Å². The summed E-state index contributed by atoms with van der Waals surface area (Å²) in [5.41, 5.74) is 0.500. The Bertz CT molecular complexity index is 619. The number of hydrogen-bond donors (Lipinski definition) is 2. The number of amides is 2. The van der Waals surface area contributed by atoms with E-state index in [0.29, 0.717) is 29.6 Å². The quantitative estimate of drug-likeness (QED) is 0.410. The number of methoxy groups -OCH3 is 1. The minimum Gasteiger partial charge on any atom is -0.493 e. The second-order valence-corrected chi connectivity index (χ2v) is 8.19. The van der Waals surface area contributed by atoms with Crippen molar-refractivity contribution in [2.45, 2.75) is 36.1 Å². The van der Waals surface area contributed by atoms with Gasteiger partial charge in [-0.15, -0.1) is 0 Å². The maximum Gasteiger partial charge on any atom is 0.255 e. The second kappa shape index (κ2) is 11.7. The molecule has 2 amide bonds. The molecule has 10 heteroatoms. The van der Waals surface area contributed by atoms with Crippen LogP contribution in [0.15, 0.2) is 18.2 Å². The zero-order valence-electron chi connectivity index (χ0n) is 15.1. The van der Waals surface area contributed by atoms with E-state index in [9.17, 15) is 9.59 Å². The lowest BCUT2D eigenvalue weighted by molar-refractivity contribution is -0.122. The van der Waals surface area contributed by atoms with E-state index in [-0.39, 0.29) is 0 Å².